The Kier molecular flexibility index (Phi) is 5.69. The van der Waals surface area contributed by atoms with E-state index in [-0.39, 0.29) is 25.0 Å². The van der Waals surface area contributed by atoms with Gasteiger partial charge in [-0.1, -0.05) is 11.6 Å². The Labute approximate surface area is 101 Å². The molecule has 2 amide bonds. The van der Waals surface area contributed by atoms with Crippen LogP contribution in [-0.4, -0.2) is 36.6 Å². The van der Waals surface area contributed by atoms with E-state index in [1.54, 1.807) is 0 Å². The first-order valence-electron chi connectivity index (χ1n) is 5.96. The van der Waals surface area contributed by atoms with Gasteiger partial charge in [0.2, 0.25) is 11.8 Å². The molecule has 1 aliphatic rings. The zero-order chi connectivity index (χ0) is 12.7. The fourth-order valence-electron chi connectivity index (χ4n) is 1.49. The van der Waals surface area contributed by atoms with E-state index in [9.17, 15) is 9.59 Å². The zero-order valence-corrected chi connectivity index (χ0v) is 10.2. The van der Waals surface area contributed by atoms with Gasteiger partial charge in [-0.05, 0) is 13.3 Å². The van der Waals surface area contributed by atoms with Gasteiger partial charge in [0.25, 0.3) is 0 Å². The summed E-state index contributed by atoms with van der Waals surface area (Å²) < 4.78 is 0. The maximum Gasteiger partial charge on any atom is 0.220 e. The first-order chi connectivity index (χ1) is 8.13. The molecule has 96 valence electrons. The molecule has 0 bridgehead atoms. The van der Waals surface area contributed by atoms with Crippen molar-refractivity contribution in [2.75, 3.05) is 19.7 Å². The van der Waals surface area contributed by atoms with Crippen molar-refractivity contribution >= 4 is 11.8 Å². The molecule has 5 nitrogen and oxygen atoms in total. The Balaban J connectivity index is 1.94. The largest absolute Gasteiger partial charge is 0.395 e. The van der Waals surface area contributed by atoms with Crippen LogP contribution in [0.2, 0.25) is 0 Å². The minimum Gasteiger partial charge on any atom is -0.395 e. The first-order valence-corrected chi connectivity index (χ1v) is 5.96. The quantitative estimate of drug-likeness (QED) is 0.521. The monoisotopic (exact) mass is 240 g/mol. The fraction of sp³-hybridized carbons (Fsp3) is 0.667. The molecule has 0 aromatic rings. The van der Waals surface area contributed by atoms with Crippen LogP contribution in [0.4, 0.5) is 0 Å². The summed E-state index contributed by atoms with van der Waals surface area (Å²) in [5.74, 6) is 0.325. The second-order valence-corrected chi connectivity index (χ2v) is 4.25. The van der Waals surface area contributed by atoms with Gasteiger partial charge in [-0.3, -0.25) is 9.59 Å². The summed E-state index contributed by atoms with van der Waals surface area (Å²) in [6, 6.07) is 0. The number of amides is 2. The molecule has 1 rings (SSSR count). The Morgan fingerprint density at radius 2 is 1.88 bits per heavy atom. The van der Waals surface area contributed by atoms with Crippen molar-refractivity contribution in [3.8, 4) is 0 Å². The van der Waals surface area contributed by atoms with Gasteiger partial charge in [0.1, 0.15) is 0 Å². The molecule has 0 aromatic heterocycles. The lowest BCUT2D eigenvalue weighted by atomic mass is 10.2. The third-order valence-corrected chi connectivity index (χ3v) is 2.70. The summed E-state index contributed by atoms with van der Waals surface area (Å²) in [5, 5.41) is 13.9. The number of rotatable bonds is 8. The summed E-state index contributed by atoms with van der Waals surface area (Å²) in [5.41, 5.74) is 1.33. The third-order valence-electron chi connectivity index (χ3n) is 2.70. The minimum atomic E-state index is -0.119. The Bertz CT molecular complexity index is 313. The maximum absolute atomic E-state index is 11.4. The van der Waals surface area contributed by atoms with Crippen molar-refractivity contribution in [1.82, 2.24) is 10.6 Å². The molecule has 17 heavy (non-hydrogen) atoms. The van der Waals surface area contributed by atoms with Crippen LogP contribution >= 0.6 is 0 Å². The molecule has 0 heterocycles. The summed E-state index contributed by atoms with van der Waals surface area (Å²) in [7, 11) is 0. The topological polar surface area (TPSA) is 78.4 Å². The standard InChI is InChI=1S/C12H20N2O3/c1-9-7-10(9)8-14-12(17)4-2-3-11(16)13-5-6-15/h7,10,15H,2-6,8H2,1H3,(H,13,16)(H,14,17). The Morgan fingerprint density at radius 1 is 1.29 bits per heavy atom. The first kappa shape index (κ1) is 13.7. The number of aliphatic hydroxyl groups excluding tert-OH is 1. The van der Waals surface area contributed by atoms with E-state index in [2.05, 4.69) is 16.7 Å². The highest BCUT2D eigenvalue weighted by Gasteiger charge is 2.19. The number of aliphatic hydroxyl groups is 1. The molecule has 1 unspecified atom stereocenters. The lowest BCUT2D eigenvalue weighted by Gasteiger charge is -2.05. The van der Waals surface area contributed by atoms with Crippen LogP contribution in [-0.2, 0) is 9.59 Å². The van der Waals surface area contributed by atoms with Gasteiger partial charge in [0, 0.05) is 31.8 Å². The zero-order valence-electron chi connectivity index (χ0n) is 10.2. The lowest BCUT2D eigenvalue weighted by molar-refractivity contribution is -0.122. The highest BCUT2D eigenvalue weighted by Crippen LogP contribution is 2.26. The third kappa shape index (κ3) is 6.06. The molecule has 0 saturated carbocycles. The van der Waals surface area contributed by atoms with Crippen LogP contribution in [0.15, 0.2) is 11.6 Å². The van der Waals surface area contributed by atoms with Gasteiger partial charge in [-0.2, -0.15) is 0 Å². The number of carbonyl (C=O) groups is 2. The van der Waals surface area contributed by atoms with E-state index in [1.165, 1.54) is 5.57 Å². The molecular formula is C12H20N2O3. The van der Waals surface area contributed by atoms with E-state index in [0.29, 0.717) is 31.7 Å². The predicted molar refractivity (Wildman–Crippen MR) is 64.2 cm³/mol. The predicted octanol–water partition coefficient (Wildman–Crippen LogP) is -0.0425. The molecule has 1 atom stereocenters. The van der Waals surface area contributed by atoms with Crippen LogP contribution in [0.5, 0.6) is 0 Å². The molecule has 5 heteroatoms. The van der Waals surface area contributed by atoms with Crippen molar-refractivity contribution in [3.63, 3.8) is 0 Å². The smallest absolute Gasteiger partial charge is 0.220 e. The molecular weight excluding hydrogens is 220 g/mol. The maximum atomic E-state index is 11.4. The van der Waals surface area contributed by atoms with Gasteiger partial charge in [-0.15, -0.1) is 0 Å². The van der Waals surface area contributed by atoms with Gasteiger partial charge >= 0.3 is 0 Å². The molecule has 0 spiro atoms. The lowest BCUT2D eigenvalue weighted by Crippen LogP contribution is -2.28. The van der Waals surface area contributed by atoms with Gasteiger partial charge in [0.05, 0.1) is 6.61 Å². The Hall–Kier alpha value is -1.36. The number of nitrogens with one attached hydrogen (secondary N) is 2. The molecule has 0 saturated heterocycles. The van der Waals surface area contributed by atoms with Crippen LogP contribution in [0, 0.1) is 5.92 Å². The van der Waals surface area contributed by atoms with Crippen molar-refractivity contribution in [3.05, 3.63) is 11.6 Å². The van der Waals surface area contributed by atoms with Crippen LogP contribution < -0.4 is 10.6 Å². The normalized spacial score (nSPS) is 17.3. The SMILES string of the molecule is CC1=CC1CNC(=O)CCCC(=O)NCCO. The van der Waals surface area contributed by atoms with E-state index in [1.807, 2.05) is 6.92 Å². The summed E-state index contributed by atoms with van der Waals surface area (Å²) in [6.45, 7) is 2.95. The van der Waals surface area contributed by atoms with Crippen molar-refractivity contribution in [1.29, 1.82) is 0 Å². The van der Waals surface area contributed by atoms with Crippen LogP contribution in [0.1, 0.15) is 26.2 Å². The minimum absolute atomic E-state index is 0.00643. The number of hydrogen-bond donors (Lipinski definition) is 3. The van der Waals surface area contributed by atoms with Crippen LogP contribution in [0.3, 0.4) is 0 Å². The van der Waals surface area contributed by atoms with E-state index < -0.39 is 0 Å². The molecule has 0 aliphatic heterocycles. The summed E-state index contributed by atoms with van der Waals surface area (Å²) in [6.07, 6.45) is 3.36. The van der Waals surface area contributed by atoms with Gasteiger partial charge in [0.15, 0.2) is 0 Å². The molecule has 1 aliphatic carbocycles. The average Bonchev–Trinajstić information content (AvgIpc) is 3.00. The van der Waals surface area contributed by atoms with Crippen molar-refractivity contribution in [2.24, 2.45) is 5.92 Å². The number of hydrogen-bond acceptors (Lipinski definition) is 3. The van der Waals surface area contributed by atoms with Crippen LogP contribution in [0.25, 0.3) is 0 Å². The molecule has 0 aromatic carbocycles. The summed E-state index contributed by atoms with van der Waals surface area (Å²) in [4.78, 5) is 22.5. The van der Waals surface area contributed by atoms with Crippen molar-refractivity contribution < 1.29 is 14.7 Å². The molecule has 0 fully saturated rings. The molecule has 3 N–H and O–H groups in total. The Morgan fingerprint density at radius 3 is 2.41 bits per heavy atom. The van der Waals surface area contributed by atoms with Gasteiger partial charge < -0.3 is 15.7 Å². The van der Waals surface area contributed by atoms with E-state index >= 15 is 0 Å². The molecule has 0 radical (unpaired) electrons. The highest BCUT2D eigenvalue weighted by atomic mass is 16.3. The average molecular weight is 240 g/mol. The van der Waals surface area contributed by atoms with Gasteiger partial charge in [-0.25, -0.2) is 0 Å². The fourth-order valence-corrected chi connectivity index (χ4v) is 1.49. The number of carbonyl (C=O) groups excluding carboxylic acids is 2. The second-order valence-electron chi connectivity index (χ2n) is 4.25. The highest BCUT2D eigenvalue weighted by molar-refractivity contribution is 5.78. The van der Waals surface area contributed by atoms with Crippen molar-refractivity contribution in [2.45, 2.75) is 26.2 Å². The summed E-state index contributed by atoms with van der Waals surface area (Å²) >= 11 is 0. The second kappa shape index (κ2) is 7.06. The van der Waals surface area contributed by atoms with E-state index in [4.69, 9.17) is 5.11 Å². The van der Waals surface area contributed by atoms with E-state index in [0.717, 1.165) is 0 Å².